The molecule has 0 aromatic heterocycles. The molecule has 1 aromatic carbocycles. The minimum Gasteiger partial charge on any atom is -0.493 e. The van der Waals surface area contributed by atoms with Gasteiger partial charge in [0.25, 0.3) is 0 Å². The summed E-state index contributed by atoms with van der Waals surface area (Å²) < 4.78 is 5.49. The topological polar surface area (TPSA) is 88.1 Å². The molecule has 1 amide bonds. The highest BCUT2D eigenvalue weighted by atomic mass is 16.5. The van der Waals surface area contributed by atoms with Crippen molar-refractivity contribution in [1.29, 1.82) is 5.26 Å². The zero-order valence-corrected chi connectivity index (χ0v) is 10.9. The normalized spacial score (nSPS) is 9.68. The van der Waals surface area contributed by atoms with E-state index in [2.05, 4.69) is 11.4 Å². The van der Waals surface area contributed by atoms with Crippen LogP contribution in [-0.2, 0) is 4.79 Å². The summed E-state index contributed by atoms with van der Waals surface area (Å²) >= 11 is 0. The molecular weight excluding hydrogens is 242 g/mol. The molecule has 0 unspecified atom stereocenters. The molecule has 5 nitrogen and oxygen atoms in total. The van der Waals surface area contributed by atoms with Crippen molar-refractivity contribution in [2.75, 3.05) is 18.5 Å². The number of amides is 1. The standard InChI is InChI=1S/C14H19N3O2/c15-8-1-2-10-19-13-6-3-5-12(11-13)17-14(18)7-4-9-16/h3,5-6,11H,1-2,4,7,9-10,16H2,(H,17,18). The van der Waals surface area contributed by atoms with Gasteiger partial charge in [-0.1, -0.05) is 6.07 Å². The molecule has 0 bridgehead atoms. The molecule has 0 aliphatic heterocycles. The molecule has 0 radical (unpaired) electrons. The molecule has 102 valence electrons. The number of hydrogen-bond donors (Lipinski definition) is 2. The predicted octanol–water partition coefficient (Wildman–Crippen LogP) is 2.05. The second-order valence-corrected chi connectivity index (χ2v) is 4.08. The molecule has 1 aromatic rings. The Labute approximate surface area is 113 Å². The quantitative estimate of drug-likeness (QED) is 0.701. The third-order valence-corrected chi connectivity index (χ3v) is 2.43. The Morgan fingerprint density at radius 3 is 3.00 bits per heavy atom. The lowest BCUT2D eigenvalue weighted by Gasteiger charge is -2.08. The third-order valence-electron chi connectivity index (χ3n) is 2.43. The Balaban J connectivity index is 2.43. The summed E-state index contributed by atoms with van der Waals surface area (Å²) in [6.07, 6.45) is 2.28. The number of anilines is 1. The maximum Gasteiger partial charge on any atom is 0.224 e. The summed E-state index contributed by atoms with van der Waals surface area (Å²) in [5.41, 5.74) is 6.06. The van der Waals surface area contributed by atoms with E-state index in [1.54, 1.807) is 6.07 Å². The van der Waals surface area contributed by atoms with E-state index >= 15 is 0 Å². The van der Waals surface area contributed by atoms with E-state index in [0.717, 1.165) is 0 Å². The van der Waals surface area contributed by atoms with Gasteiger partial charge in [-0.05, 0) is 31.5 Å². The molecule has 0 aliphatic carbocycles. The Morgan fingerprint density at radius 2 is 2.26 bits per heavy atom. The highest BCUT2D eigenvalue weighted by molar-refractivity contribution is 5.90. The van der Waals surface area contributed by atoms with Gasteiger partial charge >= 0.3 is 0 Å². The molecule has 5 heteroatoms. The number of hydrogen-bond acceptors (Lipinski definition) is 4. The fourth-order valence-electron chi connectivity index (χ4n) is 1.49. The monoisotopic (exact) mass is 261 g/mol. The van der Waals surface area contributed by atoms with Gasteiger partial charge in [0.15, 0.2) is 0 Å². The molecule has 0 saturated heterocycles. The molecule has 19 heavy (non-hydrogen) atoms. The van der Waals surface area contributed by atoms with E-state index in [-0.39, 0.29) is 5.91 Å². The summed E-state index contributed by atoms with van der Waals surface area (Å²) in [6, 6.07) is 9.28. The third kappa shape index (κ3) is 6.43. The fraction of sp³-hybridized carbons (Fsp3) is 0.429. The Hall–Kier alpha value is -2.06. The number of nitrogens with one attached hydrogen (secondary N) is 1. The van der Waals surface area contributed by atoms with Gasteiger partial charge in [0.2, 0.25) is 5.91 Å². The van der Waals surface area contributed by atoms with E-state index in [1.807, 2.05) is 18.2 Å². The van der Waals surface area contributed by atoms with Crippen molar-refractivity contribution in [3.63, 3.8) is 0 Å². The summed E-state index contributed by atoms with van der Waals surface area (Å²) in [5.74, 6) is 0.640. The van der Waals surface area contributed by atoms with E-state index < -0.39 is 0 Å². The second kappa shape index (κ2) is 8.95. The molecular formula is C14H19N3O2. The largest absolute Gasteiger partial charge is 0.493 e. The van der Waals surface area contributed by atoms with Crippen molar-refractivity contribution in [2.45, 2.75) is 25.7 Å². The lowest BCUT2D eigenvalue weighted by Crippen LogP contribution is -2.13. The van der Waals surface area contributed by atoms with Crippen molar-refractivity contribution >= 4 is 11.6 Å². The summed E-state index contributed by atoms with van der Waals surface area (Å²) in [7, 11) is 0. The first-order valence-electron chi connectivity index (χ1n) is 6.36. The first kappa shape index (κ1) is 15.0. The maximum absolute atomic E-state index is 11.5. The van der Waals surface area contributed by atoms with E-state index in [1.165, 1.54) is 0 Å². The van der Waals surface area contributed by atoms with Gasteiger partial charge in [-0.3, -0.25) is 4.79 Å². The molecule has 0 atom stereocenters. The number of benzene rings is 1. The molecule has 0 fully saturated rings. The van der Waals surface area contributed by atoms with Crippen LogP contribution in [0.1, 0.15) is 25.7 Å². The van der Waals surface area contributed by atoms with Gasteiger partial charge in [0, 0.05) is 24.6 Å². The Kier molecular flexibility index (Phi) is 7.06. The van der Waals surface area contributed by atoms with Crippen LogP contribution < -0.4 is 15.8 Å². The molecule has 0 heterocycles. The number of unbranched alkanes of at least 4 members (excludes halogenated alkanes) is 1. The lowest BCUT2D eigenvalue weighted by atomic mass is 10.2. The van der Waals surface area contributed by atoms with Crippen LogP contribution in [0.2, 0.25) is 0 Å². The van der Waals surface area contributed by atoms with Gasteiger partial charge in [-0.25, -0.2) is 0 Å². The van der Waals surface area contributed by atoms with Crippen LogP contribution in [0, 0.1) is 11.3 Å². The van der Waals surface area contributed by atoms with Crippen molar-refractivity contribution in [1.82, 2.24) is 0 Å². The number of carbonyl (C=O) groups is 1. The fourth-order valence-corrected chi connectivity index (χ4v) is 1.49. The van der Waals surface area contributed by atoms with Gasteiger partial charge in [0.05, 0.1) is 12.7 Å². The predicted molar refractivity (Wildman–Crippen MR) is 73.7 cm³/mol. The van der Waals surface area contributed by atoms with Crippen molar-refractivity contribution < 1.29 is 9.53 Å². The number of nitrogens with two attached hydrogens (primary N) is 1. The minimum atomic E-state index is -0.0490. The van der Waals surface area contributed by atoms with Crippen LogP contribution in [-0.4, -0.2) is 19.1 Å². The average Bonchev–Trinajstić information content (AvgIpc) is 2.42. The smallest absolute Gasteiger partial charge is 0.224 e. The van der Waals surface area contributed by atoms with Crippen LogP contribution in [0.4, 0.5) is 5.69 Å². The number of rotatable bonds is 8. The van der Waals surface area contributed by atoms with Gasteiger partial charge < -0.3 is 15.8 Å². The van der Waals surface area contributed by atoms with Gasteiger partial charge in [-0.15, -0.1) is 0 Å². The summed E-state index contributed by atoms with van der Waals surface area (Å²) in [5, 5.41) is 11.2. The van der Waals surface area contributed by atoms with Gasteiger partial charge in [0.1, 0.15) is 5.75 Å². The number of ether oxygens (including phenoxy) is 1. The van der Waals surface area contributed by atoms with Crippen LogP contribution in [0.5, 0.6) is 5.75 Å². The molecule has 0 saturated carbocycles. The van der Waals surface area contributed by atoms with Crippen LogP contribution in [0.3, 0.4) is 0 Å². The highest BCUT2D eigenvalue weighted by Gasteiger charge is 2.02. The first-order valence-corrected chi connectivity index (χ1v) is 6.36. The summed E-state index contributed by atoms with van der Waals surface area (Å²) in [4.78, 5) is 11.5. The SMILES string of the molecule is N#CCCCOc1cccc(NC(=O)CCCN)c1. The van der Waals surface area contributed by atoms with Crippen molar-refractivity contribution in [3.8, 4) is 11.8 Å². The Bertz CT molecular complexity index is 441. The zero-order chi connectivity index (χ0) is 13.9. The molecule has 0 aliphatic rings. The molecule has 3 N–H and O–H groups in total. The van der Waals surface area contributed by atoms with Crippen molar-refractivity contribution in [2.24, 2.45) is 5.73 Å². The number of carbonyl (C=O) groups excluding carboxylic acids is 1. The van der Waals surface area contributed by atoms with E-state index in [9.17, 15) is 4.79 Å². The number of nitriles is 1. The summed E-state index contributed by atoms with van der Waals surface area (Å²) in [6.45, 7) is 1.01. The molecule has 1 rings (SSSR count). The van der Waals surface area contributed by atoms with Crippen LogP contribution in [0.15, 0.2) is 24.3 Å². The second-order valence-electron chi connectivity index (χ2n) is 4.08. The first-order chi connectivity index (χ1) is 9.26. The van der Waals surface area contributed by atoms with E-state index in [0.29, 0.717) is 50.3 Å². The van der Waals surface area contributed by atoms with E-state index in [4.69, 9.17) is 15.7 Å². The maximum atomic E-state index is 11.5. The zero-order valence-electron chi connectivity index (χ0n) is 10.9. The minimum absolute atomic E-state index is 0.0490. The van der Waals surface area contributed by atoms with Crippen LogP contribution in [0.25, 0.3) is 0 Å². The Morgan fingerprint density at radius 1 is 1.42 bits per heavy atom. The van der Waals surface area contributed by atoms with Gasteiger partial charge in [-0.2, -0.15) is 5.26 Å². The number of nitrogens with zero attached hydrogens (tertiary/aromatic N) is 1. The lowest BCUT2D eigenvalue weighted by molar-refractivity contribution is -0.116. The highest BCUT2D eigenvalue weighted by Crippen LogP contribution is 2.17. The van der Waals surface area contributed by atoms with Crippen molar-refractivity contribution in [3.05, 3.63) is 24.3 Å². The van der Waals surface area contributed by atoms with Crippen LogP contribution >= 0.6 is 0 Å². The average molecular weight is 261 g/mol. The molecule has 0 spiro atoms.